The van der Waals surface area contributed by atoms with Crippen molar-refractivity contribution in [2.75, 3.05) is 11.1 Å². The van der Waals surface area contributed by atoms with Crippen LogP contribution in [0.1, 0.15) is 17.4 Å². The van der Waals surface area contributed by atoms with Crippen molar-refractivity contribution in [2.24, 2.45) is 0 Å². The van der Waals surface area contributed by atoms with E-state index in [9.17, 15) is 9.18 Å². The van der Waals surface area contributed by atoms with E-state index in [1.165, 1.54) is 18.2 Å². The Hall–Kier alpha value is -2.01. The predicted octanol–water partition coefficient (Wildman–Crippen LogP) is 3.14. The lowest BCUT2D eigenvalue weighted by molar-refractivity contribution is 0.101. The number of benzene rings is 1. The number of nitrogen functional groups attached to an aromatic ring is 1. The molecule has 0 bridgehead atoms. The third-order valence-electron chi connectivity index (χ3n) is 2.67. The summed E-state index contributed by atoms with van der Waals surface area (Å²) in [7, 11) is 0. The Labute approximate surface area is 115 Å². The van der Waals surface area contributed by atoms with Crippen molar-refractivity contribution in [2.45, 2.75) is 13.5 Å². The molecule has 0 saturated heterocycles. The number of anilines is 2. The van der Waals surface area contributed by atoms with Crippen molar-refractivity contribution in [1.82, 2.24) is 4.57 Å². The first-order valence-corrected chi connectivity index (χ1v) is 6.11. The Bertz CT molecular complexity index is 624. The van der Waals surface area contributed by atoms with Gasteiger partial charge in [-0.25, -0.2) is 4.39 Å². The molecule has 0 radical (unpaired) electrons. The van der Waals surface area contributed by atoms with E-state index in [0.29, 0.717) is 23.6 Å². The topological polar surface area (TPSA) is 60.0 Å². The molecule has 4 nitrogen and oxygen atoms in total. The zero-order valence-corrected chi connectivity index (χ0v) is 11.0. The summed E-state index contributed by atoms with van der Waals surface area (Å²) in [5.74, 6) is -0.926. The van der Waals surface area contributed by atoms with E-state index in [1.807, 2.05) is 6.92 Å². The van der Waals surface area contributed by atoms with Crippen LogP contribution in [0.15, 0.2) is 30.5 Å². The molecule has 0 unspecified atom stereocenters. The lowest BCUT2D eigenvalue weighted by atomic mass is 10.3. The first-order chi connectivity index (χ1) is 9.01. The lowest BCUT2D eigenvalue weighted by Gasteiger charge is -2.08. The normalized spacial score (nSPS) is 10.5. The molecule has 2 rings (SSSR count). The summed E-state index contributed by atoms with van der Waals surface area (Å²) in [6.45, 7) is 2.52. The molecule has 0 spiro atoms. The molecule has 0 fully saturated rings. The maximum absolute atomic E-state index is 13.3. The van der Waals surface area contributed by atoms with Gasteiger partial charge in [0, 0.05) is 18.4 Å². The smallest absolute Gasteiger partial charge is 0.272 e. The van der Waals surface area contributed by atoms with Crippen LogP contribution < -0.4 is 11.1 Å². The SMILES string of the molecule is CCn1cc(N)cc1C(=O)Nc1ccc(Cl)c(F)c1. The fourth-order valence-corrected chi connectivity index (χ4v) is 1.87. The molecule has 1 aromatic heterocycles. The van der Waals surface area contributed by atoms with Crippen molar-refractivity contribution in [3.63, 3.8) is 0 Å². The van der Waals surface area contributed by atoms with Gasteiger partial charge in [-0.1, -0.05) is 11.6 Å². The number of nitrogens with zero attached hydrogens (tertiary/aromatic N) is 1. The second kappa shape index (κ2) is 5.32. The monoisotopic (exact) mass is 281 g/mol. The maximum atomic E-state index is 13.3. The summed E-state index contributed by atoms with van der Waals surface area (Å²) in [5, 5.41) is 2.61. The molecule has 1 aromatic carbocycles. The van der Waals surface area contributed by atoms with Crippen LogP contribution in [-0.4, -0.2) is 10.5 Å². The van der Waals surface area contributed by atoms with E-state index in [2.05, 4.69) is 5.32 Å². The number of nitrogens with two attached hydrogens (primary N) is 1. The van der Waals surface area contributed by atoms with Crippen LogP contribution in [0.3, 0.4) is 0 Å². The number of rotatable bonds is 3. The standard InChI is InChI=1S/C13H13ClFN3O/c1-2-18-7-8(16)5-12(18)13(19)17-9-3-4-10(14)11(15)6-9/h3-7H,2,16H2,1H3,(H,17,19). The fraction of sp³-hybridized carbons (Fsp3) is 0.154. The minimum absolute atomic E-state index is 0.0131. The van der Waals surface area contributed by atoms with Crippen LogP contribution in [0.2, 0.25) is 5.02 Å². The number of carbonyl (C=O) groups excluding carboxylic acids is 1. The molecule has 0 aliphatic heterocycles. The quantitative estimate of drug-likeness (QED) is 0.908. The van der Waals surface area contributed by atoms with Crippen LogP contribution >= 0.6 is 11.6 Å². The summed E-state index contributed by atoms with van der Waals surface area (Å²) in [6.07, 6.45) is 1.68. The second-order valence-electron chi connectivity index (χ2n) is 4.03. The first-order valence-electron chi connectivity index (χ1n) is 5.73. The van der Waals surface area contributed by atoms with E-state index >= 15 is 0 Å². The van der Waals surface area contributed by atoms with Crippen molar-refractivity contribution in [1.29, 1.82) is 0 Å². The van der Waals surface area contributed by atoms with E-state index in [4.69, 9.17) is 17.3 Å². The molecule has 3 N–H and O–H groups in total. The molecule has 0 saturated carbocycles. The number of aryl methyl sites for hydroxylation is 1. The minimum atomic E-state index is -0.579. The van der Waals surface area contributed by atoms with Gasteiger partial charge in [-0.2, -0.15) is 0 Å². The highest BCUT2D eigenvalue weighted by Gasteiger charge is 2.13. The highest BCUT2D eigenvalue weighted by Crippen LogP contribution is 2.20. The van der Waals surface area contributed by atoms with E-state index in [0.717, 1.165) is 0 Å². The Kier molecular flexibility index (Phi) is 3.76. The Balaban J connectivity index is 2.22. The van der Waals surface area contributed by atoms with Crippen LogP contribution in [0.4, 0.5) is 15.8 Å². The summed E-state index contributed by atoms with van der Waals surface area (Å²) in [4.78, 5) is 12.1. The number of carbonyl (C=O) groups is 1. The van der Waals surface area contributed by atoms with Crippen LogP contribution in [-0.2, 0) is 6.54 Å². The Morgan fingerprint density at radius 1 is 1.47 bits per heavy atom. The van der Waals surface area contributed by atoms with Crippen LogP contribution in [0.5, 0.6) is 0 Å². The van der Waals surface area contributed by atoms with Crippen molar-refractivity contribution < 1.29 is 9.18 Å². The Morgan fingerprint density at radius 3 is 2.84 bits per heavy atom. The van der Waals surface area contributed by atoms with Gasteiger partial charge in [0.25, 0.3) is 5.91 Å². The van der Waals surface area contributed by atoms with Crippen molar-refractivity contribution >= 4 is 28.9 Å². The summed E-state index contributed by atoms with van der Waals surface area (Å²) in [6, 6.07) is 5.67. The summed E-state index contributed by atoms with van der Waals surface area (Å²) < 4.78 is 15.0. The third kappa shape index (κ3) is 2.88. The fourth-order valence-electron chi connectivity index (χ4n) is 1.75. The van der Waals surface area contributed by atoms with E-state index in [-0.39, 0.29) is 10.9 Å². The van der Waals surface area contributed by atoms with Gasteiger partial charge in [-0.3, -0.25) is 4.79 Å². The van der Waals surface area contributed by atoms with E-state index in [1.54, 1.807) is 16.8 Å². The molecule has 19 heavy (non-hydrogen) atoms. The minimum Gasteiger partial charge on any atom is -0.397 e. The molecule has 0 aliphatic carbocycles. The predicted molar refractivity (Wildman–Crippen MR) is 73.9 cm³/mol. The van der Waals surface area contributed by atoms with Gasteiger partial charge < -0.3 is 15.6 Å². The molecule has 0 atom stereocenters. The number of aromatic nitrogens is 1. The average molecular weight is 282 g/mol. The van der Waals surface area contributed by atoms with Gasteiger partial charge in [-0.15, -0.1) is 0 Å². The highest BCUT2D eigenvalue weighted by molar-refractivity contribution is 6.30. The largest absolute Gasteiger partial charge is 0.397 e. The average Bonchev–Trinajstić information content (AvgIpc) is 2.75. The third-order valence-corrected chi connectivity index (χ3v) is 2.98. The number of hydrogen-bond donors (Lipinski definition) is 2. The molecular weight excluding hydrogens is 269 g/mol. The highest BCUT2D eigenvalue weighted by atomic mass is 35.5. The van der Waals surface area contributed by atoms with Crippen LogP contribution in [0.25, 0.3) is 0 Å². The molecule has 6 heteroatoms. The number of hydrogen-bond acceptors (Lipinski definition) is 2. The molecular formula is C13H13ClFN3O. The van der Waals surface area contributed by atoms with Crippen LogP contribution in [0, 0.1) is 5.82 Å². The molecule has 0 aliphatic rings. The summed E-state index contributed by atoms with van der Waals surface area (Å²) >= 11 is 5.58. The van der Waals surface area contributed by atoms with Gasteiger partial charge in [0.1, 0.15) is 11.5 Å². The van der Waals surface area contributed by atoms with Gasteiger partial charge in [0.05, 0.1) is 10.7 Å². The number of halogens is 2. The van der Waals surface area contributed by atoms with Gasteiger partial charge in [-0.05, 0) is 31.2 Å². The maximum Gasteiger partial charge on any atom is 0.272 e. The van der Waals surface area contributed by atoms with Gasteiger partial charge >= 0.3 is 0 Å². The molecule has 100 valence electrons. The molecule has 1 heterocycles. The van der Waals surface area contributed by atoms with E-state index < -0.39 is 5.82 Å². The van der Waals surface area contributed by atoms with Gasteiger partial charge in [0.2, 0.25) is 0 Å². The lowest BCUT2D eigenvalue weighted by Crippen LogP contribution is -2.16. The second-order valence-corrected chi connectivity index (χ2v) is 4.43. The molecule has 2 aromatic rings. The Morgan fingerprint density at radius 2 is 2.21 bits per heavy atom. The molecule has 1 amide bonds. The van der Waals surface area contributed by atoms with Gasteiger partial charge in [0.15, 0.2) is 0 Å². The van der Waals surface area contributed by atoms with Crippen molar-refractivity contribution in [3.05, 3.63) is 47.0 Å². The first kappa shape index (κ1) is 13.4. The number of amides is 1. The zero-order chi connectivity index (χ0) is 14.0. The summed E-state index contributed by atoms with van der Waals surface area (Å²) in [5.41, 5.74) is 6.93. The van der Waals surface area contributed by atoms with Crippen molar-refractivity contribution in [3.8, 4) is 0 Å². The zero-order valence-electron chi connectivity index (χ0n) is 10.3. The number of nitrogens with one attached hydrogen (secondary N) is 1.